The summed E-state index contributed by atoms with van der Waals surface area (Å²) >= 11 is 8.80. The van der Waals surface area contributed by atoms with E-state index in [0.717, 1.165) is 30.5 Å². The molecule has 2 rings (SSSR count). The molecule has 1 aliphatic rings. The van der Waals surface area contributed by atoms with Gasteiger partial charge < -0.3 is 10.1 Å². The highest BCUT2D eigenvalue weighted by atomic mass is 79.9. The van der Waals surface area contributed by atoms with Crippen LogP contribution in [-0.2, 0) is 11.3 Å². The van der Waals surface area contributed by atoms with Gasteiger partial charge in [-0.25, -0.2) is 0 Å². The molecule has 0 saturated carbocycles. The Morgan fingerprint density at radius 3 is 3.00 bits per heavy atom. The van der Waals surface area contributed by atoms with Crippen LogP contribution in [0.4, 0.5) is 0 Å². The third-order valence-electron chi connectivity index (χ3n) is 2.75. The van der Waals surface area contributed by atoms with Crippen LogP contribution in [0.15, 0.2) is 14.3 Å². The van der Waals surface area contributed by atoms with E-state index < -0.39 is 0 Å². The van der Waals surface area contributed by atoms with Gasteiger partial charge in [-0.1, -0.05) is 0 Å². The van der Waals surface area contributed by atoms with Crippen molar-refractivity contribution >= 4 is 43.2 Å². The van der Waals surface area contributed by atoms with E-state index >= 15 is 0 Å². The first-order valence-electron chi connectivity index (χ1n) is 5.44. The van der Waals surface area contributed by atoms with Crippen LogP contribution < -0.4 is 5.32 Å². The summed E-state index contributed by atoms with van der Waals surface area (Å²) in [5, 5.41) is 3.60. The van der Waals surface area contributed by atoms with Gasteiger partial charge in [-0.15, -0.1) is 11.3 Å². The van der Waals surface area contributed by atoms with E-state index in [2.05, 4.69) is 50.2 Å². The highest BCUT2D eigenvalue weighted by Gasteiger charge is 2.18. The van der Waals surface area contributed by atoms with Gasteiger partial charge in [0.15, 0.2) is 0 Å². The quantitative estimate of drug-likeness (QED) is 0.872. The normalized spacial score (nSPS) is 25.9. The zero-order chi connectivity index (χ0) is 11.5. The van der Waals surface area contributed by atoms with E-state index in [1.807, 2.05) is 0 Å². The lowest BCUT2D eigenvalue weighted by molar-refractivity contribution is 0.0131. The van der Waals surface area contributed by atoms with E-state index in [9.17, 15) is 0 Å². The fraction of sp³-hybridized carbons (Fsp3) is 0.636. The van der Waals surface area contributed by atoms with Crippen molar-refractivity contribution in [2.24, 2.45) is 0 Å². The molecule has 2 nitrogen and oxygen atoms in total. The van der Waals surface area contributed by atoms with Crippen LogP contribution in [0.3, 0.4) is 0 Å². The van der Waals surface area contributed by atoms with Crippen molar-refractivity contribution in [3.63, 3.8) is 0 Å². The maximum Gasteiger partial charge on any atom is 0.0843 e. The summed E-state index contributed by atoms with van der Waals surface area (Å²) in [5.74, 6) is 0. The summed E-state index contributed by atoms with van der Waals surface area (Å²) in [7, 11) is 0. The lowest BCUT2D eigenvalue weighted by Gasteiger charge is -2.27. The van der Waals surface area contributed by atoms with Crippen molar-refractivity contribution in [1.82, 2.24) is 5.32 Å². The van der Waals surface area contributed by atoms with Crippen LogP contribution in [0.2, 0.25) is 0 Å². The minimum absolute atomic E-state index is 0.396. The van der Waals surface area contributed by atoms with Crippen molar-refractivity contribution in [3.05, 3.63) is 19.2 Å². The molecule has 0 bridgehead atoms. The summed E-state index contributed by atoms with van der Waals surface area (Å²) in [6.07, 6.45) is 2.64. The van der Waals surface area contributed by atoms with Gasteiger partial charge in [-0.3, -0.25) is 0 Å². The van der Waals surface area contributed by atoms with Crippen molar-refractivity contribution in [1.29, 1.82) is 0 Å². The predicted molar refractivity (Wildman–Crippen MR) is 75.0 cm³/mol. The molecular weight excluding hydrogens is 354 g/mol. The molecule has 0 aliphatic carbocycles. The summed E-state index contributed by atoms with van der Waals surface area (Å²) < 4.78 is 7.85. The van der Waals surface area contributed by atoms with Gasteiger partial charge >= 0.3 is 0 Å². The Hall–Kier alpha value is 0.580. The largest absolute Gasteiger partial charge is 0.378 e. The second-order valence-corrected chi connectivity index (χ2v) is 7.43. The van der Waals surface area contributed by atoms with E-state index in [4.69, 9.17) is 4.74 Å². The number of ether oxygens (including phenoxy) is 1. The highest BCUT2D eigenvalue weighted by molar-refractivity contribution is 9.13. The summed E-state index contributed by atoms with van der Waals surface area (Å²) in [5.41, 5.74) is 0. The second kappa shape index (κ2) is 5.96. The highest BCUT2D eigenvalue weighted by Crippen LogP contribution is 2.32. The fourth-order valence-corrected chi connectivity index (χ4v) is 4.03. The molecule has 0 amide bonds. The van der Waals surface area contributed by atoms with Gasteiger partial charge in [0.2, 0.25) is 0 Å². The van der Waals surface area contributed by atoms with Crippen LogP contribution in [-0.4, -0.2) is 18.8 Å². The Kier molecular flexibility index (Phi) is 4.85. The minimum atomic E-state index is 0.396. The van der Waals surface area contributed by atoms with E-state index in [1.54, 1.807) is 11.3 Å². The average molecular weight is 369 g/mol. The Morgan fingerprint density at radius 2 is 2.38 bits per heavy atom. The van der Waals surface area contributed by atoms with Crippen LogP contribution >= 0.6 is 43.2 Å². The molecule has 2 heterocycles. The van der Waals surface area contributed by atoms with Gasteiger partial charge in [0.1, 0.15) is 0 Å². The molecular formula is C11H15Br2NOS. The van der Waals surface area contributed by atoms with E-state index in [0.29, 0.717) is 12.1 Å². The fourth-order valence-electron chi connectivity index (χ4n) is 1.91. The summed E-state index contributed by atoms with van der Waals surface area (Å²) in [4.78, 5) is 1.36. The maximum atomic E-state index is 5.53. The number of halogens is 2. The Bertz CT molecular complexity index is 336. The summed E-state index contributed by atoms with van der Waals surface area (Å²) in [6.45, 7) is 3.98. The third-order valence-corrected chi connectivity index (χ3v) is 6.00. The Balaban J connectivity index is 1.82. The molecule has 0 radical (unpaired) electrons. The summed E-state index contributed by atoms with van der Waals surface area (Å²) in [6, 6.07) is 2.77. The standard InChI is InChI=1S/C11H15Br2NOS/c1-7-4-8(2-3-15-7)14-6-9-5-10(12)11(13)16-9/h5,7-8,14H,2-4,6H2,1H3. The zero-order valence-corrected chi connectivity index (χ0v) is 13.1. The van der Waals surface area contributed by atoms with Crippen molar-refractivity contribution < 1.29 is 4.74 Å². The lowest BCUT2D eigenvalue weighted by atomic mass is 10.0. The molecule has 0 aromatic carbocycles. The van der Waals surface area contributed by atoms with Crippen LogP contribution in [0.1, 0.15) is 24.6 Å². The van der Waals surface area contributed by atoms with Crippen LogP contribution in [0, 0.1) is 0 Å². The molecule has 90 valence electrons. The van der Waals surface area contributed by atoms with Crippen molar-refractivity contribution in [2.45, 2.75) is 38.5 Å². The first-order chi connectivity index (χ1) is 7.65. The monoisotopic (exact) mass is 367 g/mol. The van der Waals surface area contributed by atoms with Gasteiger partial charge in [0.25, 0.3) is 0 Å². The topological polar surface area (TPSA) is 21.3 Å². The molecule has 5 heteroatoms. The lowest BCUT2D eigenvalue weighted by Crippen LogP contribution is -2.37. The van der Waals surface area contributed by atoms with Gasteiger partial charge in [0.05, 0.1) is 9.89 Å². The van der Waals surface area contributed by atoms with Crippen molar-refractivity contribution in [2.75, 3.05) is 6.61 Å². The molecule has 1 aromatic rings. The smallest absolute Gasteiger partial charge is 0.0843 e. The second-order valence-electron chi connectivity index (χ2n) is 4.12. The molecule has 1 aliphatic heterocycles. The Morgan fingerprint density at radius 1 is 1.56 bits per heavy atom. The number of hydrogen-bond donors (Lipinski definition) is 1. The molecule has 16 heavy (non-hydrogen) atoms. The molecule has 2 unspecified atom stereocenters. The van der Waals surface area contributed by atoms with Crippen LogP contribution in [0.5, 0.6) is 0 Å². The van der Waals surface area contributed by atoms with E-state index in [-0.39, 0.29) is 0 Å². The minimum Gasteiger partial charge on any atom is -0.378 e. The molecule has 2 atom stereocenters. The maximum absolute atomic E-state index is 5.53. The number of hydrogen-bond acceptors (Lipinski definition) is 3. The third kappa shape index (κ3) is 3.53. The molecule has 1 fully saturated rings. The van der Waals surface area contributed by atoms with E-state index in [1.165, 1.54) is 8.66 Å². The Labute approximate surface area is 117 Å². The van der Waals surface area contributed by atoms with Gasteiger partial charge in [-0.2, -0.15) is 0 Å². The van der Waals surface area contributed by atoms with Crippen molar-refractivity contribution in [3.8, 4) is 0 Å². The first-order valence-corrected chi connectivity index (χ1v) is 7.84. The average Bonchev–Trinajstić information content (AvgIpc) is 2.56. The van der Waals surface area contributed by atoms with Gasteiger partial charge in [-0.05, 0) is 57.7 Å². The first kappa shape index (κ1) is 13.0. The number of thiophene rings is 1. The van der Waals surface area contributed by atoms with Crippen LogP contribution in [0.25, 0.3) is 0 Å². The molecule has 1 N–H and O–H groups in total. The molecule has 1 aromatic heterocycles. The molecule has 0 spiro atoms. The van der Waals surface area contributed by atoms with Gasteiger partial charge in [0, 0.05) is 28.5 Å². The number of nitrogens with one attached hydrogen (secondary N) is 1. The number of rotatable bonds is 3. The predicted octanol–water partition coefficient (Wildman–Crippen LogP) is 3.93. The SMILES string of the molecule is CC1CC(NCc2cc(Br)c(Br)s2)CCO1. The molecule has 1 saturated heterocycles. The zero-order valence-electron chi connectivity index (χ0n) is 9.13.